The highest BCUT2D eigenvalue weighted by molar-refractivity contribution is 5.96. The second-order valence-electron chi connectivity index (χ2n) is 5.31. The summed E-state index contributed by atoms with van der Waals surface area (Å²) in [5.74, 6) is -2.21. The summed E-state index contributed by atoms with van der Waals surface area (Å²) in [5, 5.41) is 4.82. The van der Waals surface area contributed by atoms with Crippen molar-refractivity contribution in [1.82, 2.24) is 10.6 Å². The lowest BCUT2D eigenvalue weighted by molar-refractivity contribution is -0.147. The monoisotopic (exact) mass is 374 g/mol. The van der Waals surface area contributed by atoms with Gasteiger partial charge in [-0.1, -0.05) is 0 Å². The second-order valence-corrected chi connectivity index (χ2v) is 5.31. The molecule has 0 unspecified atom stereocenters. The van der Waals surface area contributed by atoms with Crippen LogP contribution in [0.25, 0.3) is 0 Å². The van der Waals surface area contributed by atoms with E-state index in [0.29, 0.717) is 0 Å². The third-order valence-electron chi connectivity index (χ3n) is 2.85. The average Bonchev–Trinajstić information content (AvgIpc) is 2.57. The Morgan fingerprint density at radius 3 is 2.42 bits per heavy atom. The number of halogens is 2. The van der Waals surface area contributed by atoms with E-state index in [0.717, 1.165) is 6.07 Å². The molecule has 0 aliphatic carbocycles. The molecule has 8 nitrogen and oxygen atoms in total. The summed E-state index contributed by atoms with van der Waals surface area (Å²) in [6.07, 6.45) is 0. The Hall–Kier alpha value is -2.91. The molecule has 0 fully saturated rings. The number of carbonyl (C=O) groups excluding carboxylic acids is 3. The minimum absolute atomic E-state index is 0.0637. The Labute approximate surface area is 148 Å². The lowest BCUT2D eigenvalue weighted by atomic mass is 10.2. The zero-order chi connectivity index (χ0) is 19.7. The number of hydrogen-bond acceptors (Lipinski definition) is 6. The number of esters is 1. The minimum atomic E-state index is -3.04. The molecule has 1 aromatic carbocycles. The molecule has 0 aromatic heterocycles. The molecule has 0 spiro atoms. The zero-order valence-corrected chi connectivity index (χ0v) is 14.5. The van der Waals surface area contributed by atoms with Crippen molar-refractivity contribution in [2.45, 2.75) is 26.5 Å². The predicted octanol–water partition coefficient (Wildman–Crippen LogP) is 1.09. The van der Waals surface area contributed by atoms with Crippen molar-refractivity contribution in [3.05, 3.63) is 23.8 Å². The molecule has 0 heterocycles. The van der Waals surface area contributed by atoms with Gasteiger partial charge in [0.15, 0.2) is 18.1 Å². The first kappa shape index (κ1) is 21.1. The van der Waals surface area contributed by atoms with E-state index >= 15 is 0 Å². The molecule has 0 atom stereocenters. The molecule has 0 bridgehead atoms. The van der Waals surface area contributed by atoms with Crippen LogP contribution < -0.4 is 20.1 Å². The number of hydrogen-bond donors (Lipinski definition) is 2. The summed E-state index contributed by atoms with van der Waals surface area (Å²) < 4.78 is 38.4. The van der Waals surface area contributed by atoms with Gasteiger partial charge in [-0.2, -0.15) is 8.78 Å². The third-order valence-corrected chi connectivity index (χ3v) is 2.85. The first-order valence-electron chi connectivity index (χ1n) is 7.59. The van der Waals surface area contributed by atoms with Gasteiger partial charge in [0.1, 0.15) is 6.54 Å². The molecule has 0 aliphatic heterocycles. The van der Waals surface area contributed by atoms with Gasteiger partial charge in [0, 0.05) is 11.6 Å². The molecule has 0 radical (unpaired) electrons. The molecule has 0 aliphatic rings. The van der Waals surface area contributed by atoms with Crippen molar-refractivity contribution in [2.75, 3.05) is 20.3 Å². The minimum Gasteiger partial charge on any atom is -0.493 e. The second kappa shape index (κ2) is 10.2. The summed E-state index contributed by atoms with van der Waals surface area (Å²) in [6, 6.07) is 3.48. The molecule has 10 heteroatoms. The number of ether oxygens (including phenoxy) is 3. The van der Waals surface area contributed by atoms with Crippen LogP contribution in [-0.4, -0.2) is 50.7 Å². The molecule has 0 saturated carbocycles. The van der Waals surface area contributed by atoms with Crippen molar-refractivity contribution in [1.29, 1.82) is 0 Å². The van der Waals surface area contributed by atoms with Crippen molar-refractivity contribution < 1.29 is 37.4 Å². The molecule has 26 heavy (non-hydrogen) atoms. The van der Waals surface area contributed by atoms with E-state index in [-0.39, 0.29) is 23.1 Å². The Kier molecular flexibility index (Phi) is 8.26. The molecule has 144 valence electrons. The fourth-order valence-electron chi connectivity index (χ4n) is 1.82. The van der Waals surface area contributed by atoms with E-state index in [1.807, 2.05) is 0 Å². The lowest BCUT2D eigenvalue weighted by Crippen LogP contribution is -2.36. The van der Waals surface area contributed by atoms with Crippen LogP contribution in [-0.2, 0) is 14.3 Å². The van der Waals surface area contributed by atoms with Gasteiger partial charge in [-0.25, -0.2) is 0 Å². The van der Waals surface area contributed by atoms with Crippen LogP contribution >= 0.6 is 0 Å². The first-order chi connectivity index (χ1) is 12.2. The highest BCUT2D eigenvalue weighted by Gasteiger charge is 2.15. The van der Waals surface area contributed by atoms with E-state index in [9.17, 15) is 23.2 Å². The SMILES string of the molecule is COc1cc(C(=O)NCC(=O)OCC(=O)NC(C)C)ccc1OC(F)F. The van der Waals surface area contributed by atoms with Gasteiger partial charge in [0.25, 0.3) is 11.8 Å². The van der Waals surface area contributed by atoms with Crippen molar-refractivity contribution in [3.8, 4) is 11.5 Å². The Morgan fingerprint density at radius 2 is 1.85 bits per heavy atom. The number of methoxy groups -OCH3 is 1. The Bertz CT molecular complexity index is 652. The first-order valence-corrected chi connectivity index (χ1v) is 7.59. The van der Waals surface area contributed by atoms with E-state index < -0.39 is 37.5 Å². The number of amides is 2. The van der Waals surface area contributed by atoms with Crippen LogP contribution in [0.15, 0.2) is 18.2 Å². The molecular formula is C16H20F2N2O6. The lowest BCUT2D eigenvalue weighted by Gasteiger charge is -2.12. The van der Waals surface area contributed by atoms with Gasteiger partial charge < -0.3 is 24.8 Å². The molecule has 1 rings (SSSR count). The maximum atomic E-state index is 12.3. The van der Waals surface area contributed by atoms with Crippen LogP contribution in [0, 0.1) is 0 Å². The van der Waals surface area contributed by atoms with E-state index in [4.69, 9.17) is 9.47 Å². The predicted molar refractivity (Wildman–Crippen MR) is 86.2 cm³/mol. The summed E-state index contributed by atoms with van der Waals surface area (Å²) >= 11 is 0. The van der Waals surface area contributed by atoms with Crippen LogP contribution in [0.5, 0.6) is 11.5 Å². The van der Waals surface area contributed by atoms with E-state index in [2.05, 4.69) is 15.4 Å². The summed E-state index contributed by atoms with van der Waals surface area (Å²) in [6.45, 7) is -0.449. The zero-order valence-electron chi connectivity index (χ0n) is 14.5. The van der Waals surface area contributed by atoms with Gasteiger partial charge in [-0.05, 0) is 32.0 Å². The normalized spacial score (nSPS) is 10.4. The quantitative estimate of drug-likeness (QED) is 0.628. The molecule has 1 aromatic rings. The maximum absolute atomic E-state index is 12.3. The molecule has 2 N–H and O–H groups in total. The maximum Gasteiger partial charge on any atom is 0.387 e. The van der Waals surface area contributed by atoms with E-state index in [1.54, 1.807) is 13.8 Å². The van der Waals surface area contributed by atoms with Gasteiger partial charge >= 0.3 is 12.6 Å². The van der Waals surface area contributed by atoms with Gasteiger partial charge in [-0.15, -0.1) is 0 Å². The Morgan fingerprint density at radius 1 is 1.15 bits per heavy atom. The van der Waals surface area contributed by atoms with Crippen LogP contribution in [0.1, 0.15) is 24.2 Å². The molecule has 2 amide bonds. The summed E-state index contributed by atoms with van der Waals surface area (Å²) in [4.78, 5) is 34.9. The highest BCUT2D eigenvalue weighted by atomic mass is 19.3. The number of nitrogens with one attached hydrogen (secondary N) is 2. The number of rotatable bonds is 9. The largest absolute Gasteiger partial charge is 0.493 e. The van der Waals surface area contributed by atoms with Gasteiger partial charge in [0.2, 0.25) is 0 Å². The third kappa shape index (κ3) is 7.32. The van der Waals surface area contributed by atoms with Crippen LogP contribution in [0.3, 0.4) is 0 Å². The van der Waals surface area contributed by atoms with Gasteiger partial charge in [-0.3, -0.25) is 14.4 Å². The fourth-order valence-corrected chi connectivity index (χ4v) is 1.82. The van der Waals surface area contributed by atoms with Crippen molar-refractivity contribution >= 4 is 17.8 Å². The summed E-state index contributed by atoms with van der Waals surface area (Å²) in [5.41, 5.74) is 0.0637. The standard InChI is InChI=1S/C16H20F2N2O6/c1-9(2)20-13(21)8-25-14(22)7-19-15(23)10-4-5-11(26-16(17)18)12(6-10)24-3/h4-6,9,16H,7-8H2,1-3H3,(H,19,23)(H,20,21). The number of carbonyl (C=O) groups is 3. The van der Waals surface area contributed by atoms with Crippen molar-refractivity contribution in [2.24, 2.45) is 0 Å². The van der Waals surface area contributed by atoms with Crippen LogP contribution in [0.2, 0.25) is 0 Å². The smallest absolute Gasteiger partial charge is 0.387 e. The van der Waals surface area contributed by atoms with Crippen molar-refractivity contribution in [3.63, 3.8) is 0 Å². The average molecular weight is 374 g/mol. The highest BCUT2D eigenvalue weighted by Crippen LogP contribution is 2.29. The Balaban J connectivity index is 2.54. The number of benzene rings is 1. The molecular weight excluding hydrogens is 354 g/mol. The fraction of sp³-hybridized carbons (Fsp3) is 0.438. The number of alkyl halides is 2. The topological polar surface area (TPSA) is 103 Å². The molecule has 0 saturated heterocycles. The van der Waals surface area contributed by atoms with Crippen LogP contribution in [0.4, 0.5) is 8.78 Å². The van der Waals surface area contributed by atoms with Gasteiger partial charge in [0.05, 0.1) is 7.11 Å². The summed E-state index contributed by atoms with van der Waals surface area (Å²) in [7, 11) is 1.23. The van der Waals surface area contributed by atoms with E-state index in [1.165, 1.54) is 19.2 Å².